The molecule has 4 rings (SSSR count). The van der Waals surface area contributed by atoms with Crippen LogP contribution in [0.25, 0.3) is 0 Å². The van der Waals surface area contributed by atoms with E-state index in [1.165, 1.54) is 19.9 Å². The smallest absolute Gasteiger partial charge is 0.194 e. The van der Waals surface area contributed by atoms with E-state index in [0.717, 1.165) is 10.6 Å². The van der Waals surface area contributed by atoms with Gasteiger partial charge in [-0.05, 0) is 39.8 Å². The molecule has 2 aliphatic rings. The van der Waals surface area contributed by atoms with Crippen LogP contribution in [0.5, 0.6) is 17.2 Å². The molecular formula is C26H25NO6S. The number of phenols is 2. The van der Waals surface area contributed by atoms with Crippen LogP contribution in [0.15, 0.2) is 58.3 Å². The molecule has 0 fully saturated rings. The highest BCUT2D eigenvalue weighted by Gasteiger charge is 2.56. The van der Waals surface area contributed by atoms with Gasteiger partial charge in [0.2, 0.25) is 0 Å². The van der Waals surface area contributed by atoms with Crippen LogP contribution in [-0.2, 0) is 15.0 Å². The van der Waals surface area contributed by atoms with Gasteiger partial charge in [-0.15, -0.1) is 11.8 Å². The summed E-state index contributed by atoms with van der Waals surface area (Å²) in [6.45, 7) is 6.46. The summed E-state index contributed by atoms with van der Waals surface area (Å²) in [6, 6.07) is 9.89. The fraction of sp³-hybridized carbons (Fsp3) is 0.269. The molecule has 2 aromatic carbocycles. The Balaban J connectivity index is 1.69. The minimum Gasteiger partial charge on any atom is -0.507 e. The summed E-state index contributed by atoms with van der Waals surface area (Å²) < 4.78 is 5.77. The number of rotatable bonds is 6. The van der Waals surface area contributed by atoms with Gasteiger partial charge in [-0.3, -0.25) is 14.4 Å². The zero-order valence-corrected chi connectivity index (χ0v) is 20.1. The van der Waals surface area contributed by atoms with Gasteiger partial charge in [-0.1, -0.05) is 18.2 Å². The Labute approximate surface area is 201 Å². The van der Waals surface area contributed by atoms with Gasteiger partial charge >= 0.3 is 0 Å². The molecule has 0 radical (unpaired) electrons. The number of allylic oxidation sites excluding steroid dienone is 4. The van der Waals surface area contributed by atoms with Crippen molar-refractivity contribution >= 4 is 29.1 Å². The third-order valence-electron chi connectivity index (χ3n) is 6.26. The lowest BCUT2D eigenvalue weighted by atomic mass is 9.70. The molecule has 1 aliphatic heterocycles. The standard InChI is InChI=1S/C26H25NO6S/c1-13-22(30)20(15(3)28)24-21(23(13)31)26(4)18(33-24)12-17(29)19(25(26)32)14(2)27-10-11-34-16-8-6-5-7-9-16/h5-9,12,27,30-31H,10-11H2,1-4H3/b19-14+/t26-/m0/s1. The Bertz CT molecular complexity index is 1290. The summed E-state index contributed by atoms with van der Waals surface area (Å²) in [5, 5.41) is 24.4. The highest BCUT2D eigenvalue weighted by Crippen LogP contribution is 2.57. The van der Waals surface area contributed by atoms with Gasteiger partial charge in [0.05, 0.1) is 11.1 Å². The van der Waals surface area contributed by atoms with Crippen LogP contribution in [0.2, 0.25) is 0 Å². The average molecular weight is 480 g/mol. The van der Waals surface area contributed by atoms with Crippen LogP contribution in [-0.4, -0.2) is 39.9 Å². The average Bonchev–Trinajstić information content (AvgIpc) is 3.09. The van der Waals surface area contributed by atoms with E-state index in [1.807, 2.05) is 30.3 Å². The van der Waals surface area contributed by atoms with Crippen molar-refractivity contribution in [1.29, 1.82) is 0 Å². The number of phenolic OH excluding ortho intramolecular Hbond substituents is 2. The summed E-state index contributed by atoms with van der Waals surface area (Å²) in [5.74, 6) is -1.62. The number of carbonyl (C=O) groups is 3. The first-order chi connectivity index (χ1) is 16.1. The van der Waals surface area contributed by atoms with Gasteiger partial charge in [-0.25, -0.2) is 0 Å². The number of ether oxygens (including phenoxy) is 1. The monoisotopic (exact) mass is 479 g/mol. The maximum absolute atomic E-state index is 13.7. The van der Waals surface area contributed by atoms with Crippen LogP contribution >= 0.6 is 11.8 Å². The summed E-state index contributed by atoms with van der Waals surface area (Å²) in [7, 11) is 0. The lowest BCUT2D eigenvalue weighted by molar-refractivity contribution is -0.123. The van der Waals surface area contributed by atoms with Crippen molar-refractivity contribution in [2.24, 2.45) is 0 Å². The first-order valence-corrected chi connectivity index (χ1v) is 11.8. The lowest BCUT2D eigenvalue weighted by Crippen LogP contribution is -2.41. The molecule has 0 spiro atoms. The molecule has 1 aliphatic carbocycles. The molecule has 176 valence electrons. The normalized spacial score (nSPS) is 20.3. The second-order valence-electron chi connectivity index (χ2n) is 8.47. The molecule has 8 heteroatoms. The minimum atomic E-state index is -1.51. The minimum absolute atomic E-state index is 0.0245. The van der Waals surface area contributed by atoms with Crippen molar-refractivity contribution in [2.45, 2.75) is 38.0 Å². The summed E-state index contributed by atoms with van der Waals surface area (Å²) in [5.41, 5.74) is -1.08. The first kappa shape index (κ1) is 23.6. The Morgan fingerprint density at radius 3 is 2.44 bits per heavy atom. The maximum Gasteiger partial charge on any atom is 0.194 e. The highest BCUT2D eigenvalue weighted by atomic mass is 32.2. The fourth-order valence-corrected chi connectivity index (χ4v) is 5.16. The summed E-state index contributed by atoms with van der Waals surface area (Å²) >= 11 is 1.65. The van der Waals surface area contributed by atoms with E-state index in [-0.39, 0.29) is 39.5 Å². The van der Waals surface area contributed by atoms with E-state index in [2.05, 4.69) is 5.32 Å². The molecule has 7 nitrogen and oxygen atoms in total. The number of carbonyl (C=O) groups excluding carboxylic acids is 3. The number of hydrogen-bond donors (Lipinski definition) is 3. The van der Waals surface area contributed by atoms with Crippen molar-refractivity contribution in [3.63, 3.8) is 0 Å². The fourth-order valence-electron chi connectivity index (χ4n) is 4.37. The van der Waals surface area contributed by atoms with Gasteiger partial charge < -0.3 is 20.3 Å². The van der Waals surface area contributed by atoms with Gasteiger partial charge in [0.15, 0.2) is 17.3 Å². The number of benzene rings is 2. The van der Waals surface area contributed by atoms with Crippen LogP contribution in [0.1, 0.15) is 42.3 Å². The van der Waals surface area contributed by atoms with E-state index < -0.39 is 28.5 Å². The predicted octanol–water partition coefficient (Wildman–Crippen LogP) is 3.95. The molecule has 0 amide bonds. The number of nitrogens with one attached hydrogen (secondary N) is 1. The van der Waals surface area contributed by atoms with Crippen LogP contribution < -0.4 is 10.1 Å². The Morgan fingerprint density at radius 2 is 1.79 bits per heavy atom. The molecule has 0 bridgehead atoms. The first-order valence-electron chi connectivity index (χ1n) is 10.8. The summed E-state index contributed by atoms with van der Waals surface area (Å²) in [6.07, 6.45) is 1.22. The molecule has 0 saturated heterocycles. The molecule has 2 aromatic rings. The van der Waals surface area contributed by atoms with E-state index in [0.29, 0.717) is 12.2 Å². The number of thioether (sulfide) groups is 1. The zero-order valence-electron chi connectivity index (χ0n) is 19.3. The third kappa shape index (κ3) is 3.58. The molecule has 34 heavy (non-hydrogen) atoms. The Hall–Kier alpha value is -3.52. The van der Waals surface area contributed by atoms with Gasteiger partial charge in [-0.2, -0.15) is 0 Å². The SMILES string of the molecule is CC(=O)c1c(O)c(C)c(O)c2c1OC1=CC(=O)/C(=C(/C)NCCSc3ccccc3)C(=O)[C@@]12C. The highest BCUT2D eigenvalue weighted by molar-refractivity contribution is 7.99. The largest absolute Gasteiger partial charge is 0.507 e. The molecule has 1 heterocycles. The van der Waals surface area contributed by atoms with Crippen molar-refractivity contribution in [3.05, 3.63) is 70.1 Å². The van der Waals surface area contributed by atoms with Crippen molar-refractivity contribution in [1.82, 2.24) is 5.32 Å². The van der Waals surface area contributed by atoms with E-state index in [4.69, 9.17) is 4.74 Å². The summed E-state index contributed by atoms with van der Waals surface area (Å²) in [4.78, 5) is 40.0. The van der Waals surface area contributed by atoms with E-state index in [9.17, 15) is 24.6 Å². The van der Waals surface area contributed by atoms with Crippen LogP contribution in [0, 0.1) is 6.92 Å². The number of aromatic hydroxyl groups is 2. The van der Waals surface area contributed by atoms with Gasteiger partial charge in [0, 0.05) is 34.5 Å². The maximum atomic E-state index is 13.7. The number of ketones is 3. The topological polar surface area (TPSA) is 113 Å². The van der Waals surface area contributed by atoms with Crippen LogP contribution in [0.3, 0.4) is 0 Å². The van der Waals surface area contributed by atoms with Crippen molar-refractivity contribution < 1.29 is 29.3 Å². The number of Topliss-reactive ketones (excluding diaryl/α,β-unsaturated/α-hetero) is 2. The van der Waals surface area contributed by atoms with Crippen molar-refractivity contribution in [2.75, 3.05) is 12.3 Å². The second-order valence-corrected chi connectivity index (χ2v) is 9.64. The zero-order chi connectivity index (χ0) is 24.8. The lowest BCUT2D eigenvalue weighted by Gasteiger charge is -2.29. The number of hydrogen-bond acceptors (Lipinski definition) is 8. The quantitative estimate of drug-likeness (QED) is 0.188. The van der Waals surface area contributed by atoms with Crippen LogP contribution in [0.4, 0.5) is 0 Å². The molecule has 0 unspecified atom stereocenters. The molecule has 0 aromatic heterocycles. The third-order valence-corrected chi connectivity index (χ3v) is 7.28. The van der Waals surface area contributed by atoms with Gasteiger partial charge in [0.25, 0.3) is 0 Å². The van der Waals surface area contributed by atoms with E-state index >= 15 is 0 Å². The Morgan fingerprint density at radius 1 is 1.12 bits per heavy atom. The van der Waals surface area contributed by atoms with Crippen molar-refractivity contribution in [3.8, 4) is 17.2 Å². The Kier molecular flexibility index (Phi) is 6.03. The molecule has 0 saturated carbocycles. The van der Waals surface area contributed by atoms with Gasteiger partial charge in [0.1, 0.15) is 34.0 Å². The second kappa shape index (κ2) is 8.68. The predicted molar refractivity (Wildman–Crippen MR) is 128 cm³/mol. The molecule has 1 atom stereocenters. The van der Waals surface area contributed by atoms with E-state index in [1.54, 1.807) is 25.6 Å². The molecule has 3 N–H and O–H groups in total. The molecular weight excluding hydrogens is 454 g/mol. The number of fused-ring (bicyclic) bond motifs is 3.